The molecule has 7 heteroatoms. The smallest absolute Gasteiger partial charge is 0.162 e. The average molecular weight is 465 g/mol. The number of para-hydroxylation sites is 1. The number of hydrogen-bond acceptors (Lipinski definition) is 6. The van der Waals surface area contributed by atoms with Gasteiger partial charge in [-0.1, -0.05) is 23.7 Å². The molecule has 170 valence electrons. The summed E-state index contributed by atoms with van der Waals surface area (Å²) in [4.78, 5) is 4.43. The largest absolute Gasteiger partial charge is 0.493 e. The Hall–Kier alpha value is -3.64. The second-order valence-electron chi connectivity index (χ2n) is 7.32. The van der Waals surface area contributed by atoms with Crippen molar-refractivity contribution in [2.45, 2.75) is 6.92 Å². The molecule has 0 saturated carbocycles. The van der Waals surface area contributed by atoms with E-state index in [4.69, 9.17) is 30.5 Å². The highest BCUT2D eigenvalue weighted by atomic mass is 35.5. The number of ether oxygens (including phenoxy) is 4. The number of fused-ring (bicyclic) bond motifs is 1. The minimum Gasteiger partial charge on any atom is -0.493 e. The topological polar surface area (TPSA) is 61.8 Å². The summed E-state index contributed by atoms with van der Waals surface area (Å²) in [7, 11) is 3.21. The van der Waals surface area contributed by atoms with E-state index in [9.17, 15) is 0 Å². The lowest BCUT2D eigenvalue weighted by Gasteiger charge is -2.15. The van der Waals surface area contributed by atoms with E-state index >= 15 is 0 Å². The first-order chi connectivity index (χ1) is 16.1. The molecule has 0 unspecified atom stereocenters. The molecule has 0 spiro atoms. The SMILES string of the molecule is COc1cc2nccc(Oc3ccc(NCCOc4ccccc4Cl)cc3C)c2cc1OC. The van der Waals surface area contributed by atoms with Crippen LogP contribution in [0.25, 0.3) is 10.9 Å². The maximum atomic E-state index is 6.24. The van der Waals surface area contributed by atoms with Gasteiger partial charge < -0.3 is 24.3 Å². The zero-order valence-electron chi connectivity index (χ0n) is 18.7. The fourth-order valence-electron chi connectivity index (χ4n) is 3.45. The van der Waals surface area contributed by atoms with Gasteiger partial charge in [-0.15, -0.1) is 0 Å². The third-order valence-electron chi connectivity index (χ3n) is 5.13. The third-order valence-corrected chi connectivity index (χ3v) is 5.44. The number of benzene rings is 3. The first-order valence-electron chi connectivity index (χ1n) is 10.5. The van der Waals surface area contributed by atoms with Crippen LogP contribution in [0.3, 0.4) is 0 Å². The van der Waals surface area contributed by atoms with Gasteiger partial charge in [0.05, 0.1) is 24.8 Å². The quantitative estimate of drug-likeness (QED) is 0.285. The molecule has 0 aliphatic carbocycles. The predicted molar refractivity (Wildman–Crippen MR) is 132 cm³/mol. The monoisotopic (exact) mass is 464 g/mol. The molecule has 0 bridgehead atoms. The van der Waals surface area contributed by atoms with Crippen LogP contribution in [0.1, 0.15) is 5.56 Å². The lowest BCUT2D eigenvalue weighted by atomic mass is 10.1. The Balaban J connectivity index is 1.44. The van der Waals surface area contributed by atoms with Crippen molar-refractivity contribution >= 4 is 28.2 Å². The summed E-state index contributed by atoms with van der Waals surface area (Å²) >= 11 is 6.12. The zero-order chi connectivity index (χ0) is 23.2. The fourth-order valence-corrected chi connectivity index (χ4v) is 3.64. The van der Waals surface area contributed by atoms with Crippen molar-refractivity contribution in [1.29, 1.82) is 0 Å². The van der Waals surface area contributed by atoms with Crippen molar-refractivity contribution in [3.63, 3.8) is 0 Å². The van der Waals surface area contributed by atoms with Crippen LogP contribution in [0.15, 0.2) is 66.9 Å². The second-order valence-corrected chi connectivity index (χ2v) is 7.73. The third kappa shape index (κ3) is 5.23. The predicted octanol–water partition coefficient (Wildman–Crippen LogP) is 6.50. The Kier molecular flexibility index (Phi) is 7.05. The van der Waals surface area contributed by atoms with E-state index in [1.165, 1.54) is 0 Å². The lowest BCUT2D eigenvalue weighted by molar-refractivity contribution is 0.333. The number of anilines is 1. The van der Waals surface area contributed by atoms with Gasteiger partial charge in [-0.2, -0.15) is 0 Å². The Morgan fingerprint density at radius 3 is 2.39 bits per heavy atom. The molecule has 0 radical (unpaired) electrons. The van der Waals surface area contributed by atoms with Crippen LogP contribution in [-0.4, -0.2) is 32.4 Å². The number of nitrogens with one attached hydrogen (secondary N) is 1. The lowest BCUT2D eigenvalue weighted by Crippen LogP contribution is -2.11. The van der Waals surface area contributed by atoms with Gasteiger partial charge in [0.1, 0.15) is 23.9 Å². The number of aryl methyl sites for hydroxylation is 1. The minimum atomic E-state index is 0.495. The number of pyridine rings is 1. The van der Waals surface area contributed by atoms with E-state index in [0.29, 0.717) is 41.2 Å². The highest BCUT2D eigenvalue weighted by Crippen LogP contribution is 2.37. The number of methoxy groups -OCH3 is 2. The van der Waals surface area contributed by atoms with Crippen molar-refractivity contribution in [3.8, 4) is 28.7 Å². The molecular formula is C26H25ClN2O4. The number of nitrogens with zero attached hydrogens (tertiary/aromatic N) is 1. The maximum absolute atomic E-state index is 6.24. The first kappa shape index (κ1) is 22.6. The van der Waals surface area contributed by atoms with Crippen molar-refractivity contribution in [2.24, 2.45) is 0 Å². The number of hydrogen-bond donors (Lipinski definition) is 1. The zero-order valence-corrected chi connectivity index (χ0v) is 19.5. The summed E-state index contributed by atoms with van der Waals surface area (Å²) in [6.07, 6.45) is 1.72. The molecule has 3 aromatic carbocycles. The Morgan fingerprint density at radius 2 is 1.64 bits per heavy atom. The fraction of sp³-hybridized carbons (Fsp3) is 0.192. The minimum absolute atomic E-state index is 0.495. The van der Waals surface area contributed by atoms with Crippen LogP contribution in [0, 0.1) is 6.92 Å². The maximum Gasteiger partial charge on any atom is 0.162 e. The molecule has 4 rings (SSSR count). The molecule has 0 saturated heterocycles. The van der Waals surface area contributed by atoms with E-state index in [2.05, 4.69) is 10.3 Å². The highest BCUT2D eigenvalue weighted by Gasteiger charge is 2.12. The molecule has 1 heterocycles. The van der Waals surface area contributed by atoms with Gasteiger partial charge in [0.2, 0.25) is 0 Å². The van der Waals surface area contributed by atoms with Gasteiger partial charge in [0, 0.05) is 29.9 Å². The number of rotatable bonds is 9. The van der Waals surface area contributed by atoms with Gasteiger partial charge in [0.15, 0.2) is 11.5 Å². The Labute approximate surface area is 198 Å². The van der Waals surface area contributed by atoms with E-state index in [1.807, 2.05) is 67.6 Å². The van der Waals surface area contributed by atoms with Crippen molar-refractivity contribution < 1.29 is 18.9 Å². The van der Waals surface area contributed by atoms with E-state index < -0.39 is 0 Å². The molecule has 0 atom stereocenters. The van der Waals surface area contributed by atoms with Crippen LogP contribution in [0.5, 0.6) is 28.7 Å². The van der Waals surface area contributed by atoms with Crippen molar-refractivity contribution in [3.05, 3.63) is 77.4 Å². The highest BCUT2D eigenvalue weighted by molar-refractivity contribution is 6.32. The first-order valence-corrected chi connectivity index (χ1v) is 10.9. The summed E-state index contributed by atoms with van der Waals surface area (Å²) in [5.41, 5.74) is 2.74. The summed E-state index contributed by atoms with van der Waals surface area (Å²) < 4.78 is 22.8. The summed E-state index contributed by atoms with van der Waals surface area (Å²) in [5.74, 6) is 3.38. The molecule has 0 aliphatic heterocycles. The van der Waals surface area contributed by atoms with Crippen molar-refractivity contribution in [2.75, 3.05) is 32.7 Å². The molecule has 6 nitrogen and oxygen atoms in total. The molecule has 1 N–H and O–H groups in total. The molecule has 0 fully saturated rings. The summed E-state index contributed by atoms with van der Waals surface area (Å²) in [6, 6.07) is 19.0. The van der Waals surface area contributed by atoms with Gasteiger partial charge in [-0.25, -0.2) is 0 Å². The molecule has 0 aliphatic rings. The van der Waals surface area contributed by atoms with E-state index in [-0.39, 0.29) is 0 Å². The number of halogens is 1. The standard InChI is InChI=1S/C26H25ClN2O4/c1-17-14-18(28-12-13-32-24-7-5-4-6-20(24)27)8-9-22(17)33-23-10-11-29-21-16-26(31-3)25(30-2)15-19(21)23/h4-11,14-16,28H,12-13H2,1-3H3. The van der Waals surface area contributed by atoms with Crippen LogP contribution < -0.4 is 24.3 Å². The molecule has 4 aromatic rings. The van der Waals surface area contributed by atoms with E-state index in [1.54, 1.807) is 20.4 Å². The summed E-state index contributed by atoms with van der Waals surface area (Å²) in [6.45, 7) is 3.14. The Morgan fingerprint density at radius 1 is 0.848 bits per heavy atom. The Bertz CT molecular complexity index is 1260. The van der Waals surface area contributed by atoms with Crippen LogP contribution in [0.2, 0.25) is 5.02 Å². The molecular weight excluding hydrogens is 440 g/mol. The second kappa shape index (κ2) is 10.3. The number of aromatic nitrogens is 1. The average Bonchev–Trinajstić information content (AvgIpc) is 2.83. The van der Waals surface area contributed by atoms with Crippen LogP contribution >= 0.6 is 11.6 Å². The molecule has 0 amide bonds. The van der Waals surface area contributed by atoms with Gasteiger partial charge in [-0.05, 0) is 55.0 Å². The van der Waals surface area contributed by atoms with Gasteiger partial charge >= 0.3 is 0 Å². The van der Waals surface area contributed by atoms with E-state index in [0.717, 1.165) is 27.9 Å². The van der Waals surface area contributed by atoms with Gasteiger partial charge in [-0.3, -0.25) is 4.98 Å². The van der Waals surface area contributed by atoms with Gasteiger partial charge in [0.25, 0.3) is 0 Å². The van der Waals surface area contributed by atoms with Crippen LogP contribution in [0.4, 0.5) is 5.69 Å². The van der Waals surface area contributed by atoms with Crippen LogP contribution in [-0.2, 0) is 0 Å². The normalized spacial score (nSPS) is 10.7. The van der Waals surface area contributed by atoms with Crippen molar-refractivity contribution in [1.82, 2.24) is 4.98 Å². The molecule has 33 heavy (non-hydrogen) atoms. The molecule has 1 aromatic heterocycles. The summed E-state index contributed by atoms with van der Waals surface area (Å²) in [5, 5.41) is 4.81.